The number of aromatic nitrogens is 1. The molecule has 2 aliphatic rings. The molecule has 0 unspecified atom stereocenters. The van der Waals surface area contributed by atoms with Crippen LogP contribution in [0.4, 0.5) is 0 Å². The molecule has 2 aliphatic heterocycles. The van der Waals surface area contributed by atoms with Crippen LogP contribution in [0.5, 0.6) is 11.5 Å². The first-order valence-electron chi connectivity index (χ1n) is 9.44. The Kier molecular flexibility index (Phi) is 4.89. The first kappa shape index (κ1) is 18.0. The standard InChI is InChI=1S/C22H26N2O3/c1-16-6-7-20(23-13-16)22(25)8-10-24(11-9-22)14-17-12-18-4-3-5-19(26-2)21(18)27-15-17/h3-7,12-13,25H,8-11,14-15H2,1-2H3. The van der Waals surface area contributed by atoms with Gasteiger partial charge in [-0.1, -0.05) is 18.2 Å². The molecule has 2 aromatic rings. The van der Waals surface area contributed by atoms with E-state index in [1.165, 1.54) is 5.57 Å². The third kappa shape index (κ3) is 3.70. The van der Waals surface area contributed by atoms with Crippen LogP contribution in [0, 0.1) is 6.92 Å². The lowest BCUT2D eigenvalue weighted by Crippen LogP contribution is -2.44. The van der Waals surface area contributed by atoms with E-state index in [2.05, 4.69) is 22.0 Å². The molecule has 1 saturated heterocycles. The van der Waals surface area contributed by atoms with Crippen LogP contribution in [0.1, 0.15) is 29.7 Å². The van der Waals surface area contributed by atoms with Crippen LogP contribution in [-0.4, -0.2) is 48.3 Å². The van der Waals surface area contributed by atoms with Crippen LogP contribution >= 0.6 is 0 Å². The predicted molar refractivity (Wildman–Crippen MR) is 105 cm³/mol. The van der Waals surface area contributed by atoms with Crippen LogP contribution in [-0.2, 0) is 5.60 Å². The van der Waals surface area contributed by atoms with Gasteiger partial charge in [0.1, 0.15) is 12.2 Å². The number of rotatable bonds is 4. The van der Waals surface area contributed by atoms with Crippen molar-refractivity contribution in [3.63, 3.8) is 0 Å². The van der Waals surface area contributed by atoms with Crippen molar-refractivity contribution >= 4 is 6.08 Å². The van der Waals surface area contributed by atoms with Gasteiger partial charge >= 0.3 is 0 Å². The highest BCUT2D eigenvalue weighted by atomic mass is 16.5. The average Bonchev–Trinajstić information content (AvgIpc) is 2.69. The van der Waals surface area contributed by atoms with Crippen LogP contribution in [0.3, 0.4) is 0 Å². The summed E-state index contributed by atoms with van der Waals surface area (Å²) < 4.78 is 11.3. The second kappa shape index (κ2) is 7.33. The van der Waals surface area contributed by atoms with Crippen molar-refractivity contribution in [2.75, 3.05) is 33.4 Å². The van der Waals surface area contributed by atoms with E-state index in [4.69, 9.17) is 9.47 Å². The van der Waals surface area contributed by atoms with Gasteiger partial charge in [-0.15, -0.1) is 0 Å². The maximum Gasteiger partial charge on any atom is 0.168 e. The van der Waals surface area contributed by atoms with Gasteiger partial charge in [-0.3, -0.25) is 9.88 Å². The Morgan fingerprint density at radius 3 is 2.74 bits per heavy atom. The molecule has 0 atom stereocenters. The second-order valence-electron chi connectivity index (χ2n) is 7.50. The zero-order chi connectivity index (χ0) is 18.9. The maximum atomic E-state index is 11.0. The topological polar surface area (TPSA) is 54.8 Å². The molecule has 0 saturated carbocycles. The van der Waals surface area contributed by atoms with E-state index >= 15 is 0 Å². The summed E-state index contributed by atoms with van der Waals surface area (Å²) in [5.41, 5.74) is 3.39. The van der Waals surface area contributed by atoms with Crippen molar-refractivity contribution in [2.45, 2.75) is 25.4 Å². The first-order chi connectivity index (χ1) is 13.1. The van der Waals surface area contributed by atoms with Gasteiger partial charge in [-0.2, -0.15) is 0 Å². The molecule has 5 heteroatoms. The third-order valence-electron chi connectivity index (χ3n) is 5.49. The quantitative estimate of drug-likeness (QED) is 0.901. The fourth-order valence-corrected chi connectivity index (χ4v) is 3.85. The Balaban J connectivity index is 1.41. The summed E-state index contributed by atoms with van der Waals surface area (Å²) in [7, 11) is 1.66. The van der Waals surface area contributed by atoms with Crippen molar-refractivity contribution in [1.29, 1.82) is 0 Å². The van der Waals surface area contributed by atoms with Gasteiger partial charge in [0.2, 0.25) is 0 Å². The molecule has 5 nitrogen and oxygen atoms in total. The minimum Gasteiger partial charge on any atom is -0.493 e. The van der Waals surface area contributed by atoms with Crippen molar-refractivity contribution in [3.05, 3.63) is 58.9 Å². The SMILES string of the molecule is COc1cccc2c1OCC(CN1CCC(O)(c3ccc(C)cn3)CC1)=C2. The lowest BCUT2D eigenvalue weighted by atomic mass is 9.87. The number of fused-ring (bicyclic) bond motifs is 1. The van der Waals surface area contributed by atoms with Crippen LogP contribution < -0.4 is 9.47 Å². The van der Waals surface area contributed by atoms with Crippen LogP contribution in [0.25, 0.3) is 6.08 Å². The Bertz CT molecular complexity index is 837. The Labute approximate surface area is 160 Å². The number of ether oxygens (including phenoxy) is 2. The van der Waals surface area contributed by atoms with E-state index in [9.17, 15) is 5.11 Å². The Hall–Kier alpha value is -2.37. The van der Waals surface area contributed by atoms with Crippen molar-refractivity contribution in [3.8, 4) is 11.5 Å². The first-order valence-corrected chi connectivity index (χ1v) is 9.44. The summed E-state index contributed by atoms with van der Waals surface area (Å²) in [6, 6.07) is 9.92. The van der Waals surface area contributed by atoms with Gasteiger partial charge in [0.25, 0.3) is 0 Å². The van der Waals surface area contributed by atoms with Crippen molar-refractivity contribution in [1.82, 2.24) is 9.88 Å². The van der Waals surface area contributed by atoms with Gasteiger partial charge in [0.15, 0.2) is 11.5 Å². The maximum absolute atomic E-state index is 11.0. The van der Waals surface area contributed by atoms with Gasteiger partial charge in [0.05, 0.1) is 12.8 Å². The largest absolute Gasteiger partial charge is 0.493 e. The van der Waals surface area contributed by atoms with E-state index in [1.54, 1.807) is 7.11 Å². The number of para-hydroxylation sites is 1. The number of aliphatic hydroxyl groups is 1. The molecule has 1 N–H and O–H groups in total. The van der Waals surface area contributed by atoms with E-state index in [0.717, 1.165) is 48.0 Å². The highest BCUT2D eigenvalue weighted by molar-refractivity contribution is 5.66. The molecule has 1 fully saturated rings. The lowest BCUT2D eigenvalue weighted by molar-refractivity contribution is -0.0276. The second-order valence-corrected chi connectivity index (χ2v) is 7.50. The summed E-state index contributed by atoms with van der Waals surface area (Å²) in [5, 5.41) is 11.0. The monoisotopic (exact) mass is 366 g/mol. The van der Waals surface area contributed by atoms with Gasteiger partial charge in [-0.05, 0) is 49.1 Å². The van der Waals surface area contributed by atoms with Crippen molar-refractivity contribution in [2.24, 2.45) is 0 Å². The molecule has 142 valence electrons. The molecular formula is C22H26N2O3. The van der Waals surface area contributed by atoms with E-state index < -0.39 is 5.60 Å². The van der Waals surface area contributed by atoms with E-state index in [-0.39, 0.29) is 0 Å². The third-order valence-corrected chi connectivity index (χ3v) is 5.49. The molecular weight excluding hydrogens is 340 g/mol. The minimum absolute atomic E-state index is 0.577. The molecule has 0 aliphatic carbocycles. The molecule has 1 aromatic carbocycles. The fourth-order valence-electron chi connectivity index (χ4n) is 3.85. The van der Waals surface area contributed by atoms with E-state index in [1.807, 2.05) is 37.4 Å². The Morgan fingerprint density at radius 2 is 2.04 bits per heavy atom. The highest BCUT2D eigenvalue weighted by Crippen LogP contribution is 2.36. The normalized spacial score (nSPS) is 19.0. The fraction of sp³-hybridized carbons (Fsp3) is 0.409. The minimum atomic E-state index is -0.818. The van der Waals surface area contributed by atoms with Crippen molar-refractivity contribution < 1.29 is 14.6 Å². The van der Waals surface area contributed by atoms with Gasteiger partial charge in [-0.25, -0.2) is 0 Å². The summed E-state index contributed by atoms with van der Waals surface area (Å²) in [4.78, 5) is 6.82. The number of hydrogen-bond acceptors (Lipinski definition) is 5. The highest BCUT2D eigenvalue weighted by Gasteiger charge is 2.35. The van der Waals surface area contributed by atoms with Gasteiger partial charge in [0, 0.05) is 31.4 Å². The number of benzene rings is 1. The zero-order valence-electron chi connectivity index (χ0n) is 15.9. The number of likely N-dealkylation sites (tertiary alicyclic amines) is 1. The molecule has 27 heavy (non-hydrogen) atoms. The predicted octanol–water partition coefficient (Wildman–Crippen LogP) is 3.16. The molecule has 1 aromatic heterocycles. The summed E-state index contributed by atoms with van der Waals surface area (Å²) in [6.07, 6.45) is 5.42. The molecule has 0 radical (unpaired) electrons. The van der Waals surface area contributed by atoms with Crippen LogP contribution in [0.2, 0.25) is 0 Å². The summed E-state index contributed by atoms with van der Waals surface area (Å²) in [6.45, 7) is 5.13. The summed E-state index contributed by atoms with van der Waals surface area (Å²) >= 11 is 0. The molecule has 3 heterocycles. The zero-order valence-corrected chi connectivity index (χ0v) is 15.9. The van der Waals surface area contributed by atoms with Crippen LogP contribution in [0.15, 0.2) is 42.1 Å². The lowest BCUT2D eigenvalue weighted by Gasteiger charge is -2.38. The number of pyridine rings is 1. The number of aryl methyl sites for hydroxylation is 1. The Morgan fingerprint density at radius 1 is 1.22 bits per heavy atom. The number of piperidine rings is 1. The number of methoxy groups -OCH3 is 1. The number of hydrogen-bond donors (Lipinski definition) is 1. The smallest absolute Gasteiger partial charge is 0.168 e. The van der Waals surface area contributed by atoms with Gasteiger partial charge < -0.3 is 14.6 Å². The molecule has 4 rings (SSSR count). The molecule has 0 bridgehead atoms. The number of nitrogens with zero attached hydrogens (tertiary/aromatic N) is 2. The molecule has 0 spiro atoms. The molecule has 0 amide bonds. The average molecular weight is 366 g/mol. The van der Waals surface area contributed by atoms with E-state index in [0.29, 0.717) is 19.4 Å². The summed E-state index contributed by atoms with van der Waals surface area (Å²) in [5.74, 6) is 1.60.